The number of hydrogen-bond donors (Lipinski definition) is 2. The van der Waals surface area contributed by atoms with Gasteiger partial charge in [0.05, 0.1) is 14.2 Å². The summed E-state index contributed by atoms with van der Waals surface area (Å²) in [5.74, 6) is 1.53. The topological polar surface area (TPSA) is 58.9 Å². The van der Waals surface area contributed by atoms with Crippen LogP contribution in [0, 0.1) is 0 Å². The standard InChI is InChI=1S/C17H20O4/c1-20-15-9-13(8-14(18)11-15)5-3-4-12-6-7-16(19)17(10-12)21-2/h6-11,18-19H,3-5H2,1-2H3. The van der Waals surface area contributed by atoms with Gasteiger partial charge in [0, 0.05) is 6.07 Å². The SMILES string of the molecule is COc1cc(O)cc(CCCc2ccc(O)c(OC)c2)c1. The van der Waals surface area contributed by atoms with Crippen molar-refractivity contribution in [3.8, 4) is 23.0 Å². The van der Waals surface area contributed by atoms with Crippen LogP contribution in [0.15, 0.2) is 36.4 Å². The molecule has 0 heterocycles. The highest BCUT2D eigenvalue weighted by atomic mass is 16.5. The van der Waals surface area contributed by atoms with E-state index in [9.17, 15) is 10.2 Å². The molecule has 0 aliphatic carbocycles. The van der Waals surface area contributed by atoms with Crippen LogP contribution in [-0.4, -0.2) is 24.4 Å². The highest BCUT2D eigenvalue weighted by molar-refractivity contribution is 5.42. The minimum atomic E-state index is 0.152. The van der Waals surface area contributed by atoms with E-state index >= 15 is 0 Å². The molecule has 0 fully saturated rings. The number of phenolic OH excluding ortho intramolecular Hbond substituents is 2. The van der Waals surface area contributed by atoms with Crippen molar-refractivity contribution in [1.29, 1.82) is 0 Å². The van der Waals surface area contributed by atoms with Crippen molar-refractivity contribution in [2.75, 3.05) is 14.2 Å². The highest BCUT2D eigenvalue weighted by Crippen LogP contribution is 2.27. The molecule has 2 rings (SSSR count). The first-order valence-corrected chi connectivity index (χ1v) is 6.85. The van der Waals surface area contributed by atoms with E-state index in [4.69, 9.17) is 9.47 Å². The van der Waals surface area contributed by atoms with E-state index in [1.807, 2.05) is 18.2 Å². The van der Waals surface area contributed by atoms with Gasteiger partial charge < -0.3 is 19.7 Å². The third kappa shape index (κ3) is 4.05. The van der Waals surface area contributed by atoms with Gasteiger partial charge in [0.2, 0.25) is 0 Å². The first-order chi connectivity index (χ1) is 10.1. The van der Waals surface area contributed by atoms with Gasteiger partial charge in [-0.05, 0) is 54.7 Å². The summed E-state index contributed by atoms with van der Waals surface area (Å²) in [5, 5.41) is 19.2. The Morgan fingerprint density at radius 3 is 2.33 bits per heavy atom. The molecule has 4 heteroatoms. The number of phenols is 2. The van der Waals surface area contributed by atoms with Gasteiger partial charge in [-0.2, -0.15) is 0 Å². The number of methoxy groups -OCH3 is 2. The average molecular weight is 288 g/mol. The number of hydrogen-bond acceptors (Lipinski definition) is 4. The first kappa shape index (κ1) is 15.0. The van der Waals surface area contributed by atoms with Crippen molar-refractivity contribution >= 4 is 0 Å². The van der Waals surface area contributed by atoms with Crippen molar-refractivity contribution < 1.29 is 19.7 Å². The summed E-state index contributed by atoms with van der Waals surface area (Å²) in [6, 6.07) is 10.6. The smallest absolute Gasteiger partial charge is 0.160 e. The van der Waals surface area contributed by atoms with Crippen LogP contribution in [0.25, 0.3) is 0 Å². The monoisotopic (exact) mass is 288 g/mol. The molecule has 2 aromatic carbocycles. The lowest BCUT2D eigenvalue weighted by Crippen LogP contribution is -1.93. The van der Waals surface area contributed by atoms with E-state index in [-0.39, 0.29) is 11.5 Å². The van der Waals surface area contributed by atoms with Gasteiger partial charge in [0.15, 0.2) is 11.5 Å². The molecule has 0 bridgehead atoms. The summed E-state index contributed by atoms with van der Waals surface area (Å²) in [6.07, 6.45) is 2.64. The summed E-state index contributed by atoms with van der Waals surface area (Å²) in [4.78, 5) is 0. The molecule has 0 saturated carbocycles. The van der Waals surface area contributed by atoms with Crippen LogP contribution in [0.2, 0.25) is 0 Å². The highest BCUT2D eigenvalue weighted by Gasteiger charge is 2.04. The van der Waals surface area contributed by atoms with Gasteiger partial charge in [-0.1, -0.05) is 6.07 Å². The second-order valence-corrected chi connectivity index (χ2v) is 4.90. The molecule has 4 nitrogen and oxygen atoms in total. The Bertz CT molecular complexity index is 608. The third-order valence-corrected chi connectivity index (χ3v) is 3.36. The van der Waals surface area contributed by atoms with Crippen LogP contribution in [0.4, 0.5) is 0 Å². The summed E-state index contributed by atoms with van der Waals surface area (Å²) in [6.45, 7) is 0. The van der Waals surface area contributed by atoms with Crippen LogP contribution in [-0.2, 0) is 12.8 Å². The lowest BCUT2D eigenvalue weighted by atomic mass is 10.0. The largest absolute Gasteiger partial charge is 0.508 e. The molecule has 0 spiro atoms. The lowest BCUT2D eigenvalue weighted by molar-refractivity contribution is 0.373. The summed E-state index contributed by atoms with van der Waals surface area (Å²) in [5.41, 5.74) is 2.15. The first-order valence-electron chi connectivity index (χ1n) is 6.85. The predicted octanol–water partition coefficient (Wildman–Crippen LogP) is 3.29. The maximum atomic E-state index is 9.62. The van der Waals surface area contributed by atoms with Crippen LogP contribution in [0.3, 0.4) is 0 Å². The molecule has 0 radical (unpaired) electrons. The van der Waals surface area contributed by atoms with Crippen LogP contribution >= 0.6 is 0 Å². The fourth-order valence-corrected chi connectivity index (χ4v) is 2.28. The van der Waals surface area contributed by atoms with E-state index < -0.39 is 0 Å². The molecule has 2 N–H and O–H groups in total. The van der Waals surface area contributed by atoms with Gasteiger partial charge >= 0.3 is 0 Å². The van der Waals surface area contributed by atoms with Crippen molar-refractivity contribution in [3.63, 3.8) is 0 Å². The molecule has 0 aliphatic heterocycles. The molecule has 0 aromatic heterocycles. The zero-order valence-electron chi connectivity index (χ0n) is 12.3. The normalized spacial score (nSPS) is 10.4. The molecule has 21 heavy (non-hydrogen) atoms. The zero-order chi connectivity index (χ0) is 15.2. The Labute approximate surface area is 124 Å². The molecule has 112 valence electrons. The quantitative estimate of drug-likeness (QED) is 0.856. The Kier molecular flexibility index (Phi) is 4.93. The summed E-state index contributed by atoms with van der Waals surface area (Å²) in [7, 11) is 3.12. The van der Waals surface area contributed by atoms with Crippen molar-refractivity contribution in [1.82, 2.24) is 0 Å². The second-order valence-electron chi connectivity index (χ2n) is 4.90. The number of aromatic hydroxyl groups is 2. The number of aryl methyl sites for hydroxylation is 2. The fourth-order valence-electron chi connectivity index (χ4n) is 2.28. The predicted molar refractivity (Wildman–Crippen MR) is 81.3 cm³/mol. The van der Waals surface area contributed by atoms with Crippen molar-refractivity contribution in [3.05, 3.63) is 47.5 Å². The zero-order valence-corrected chi connectivity index (χ0v) is 12.3. The van der Waals surface area contributed by atoms with E-state index in [2.05, 4.69) is 0 Å². The average Bonchev–Trinajstić information content (AvgIpc) is 2.48. The van der Waals surface area contributed by atoms with Gasteiger partial charge in [-0.15, -0.1) is 0 Å². The molecule has 0 unspecified atom stereocenters. The second kappa shape index (κ2) is 6.88. The Hall–Kier alpha value is -2.36. The molecule has 0 atom stereocenters. The molecule has 0 saturated heterocycles. The number of rotatable bonds is 6. The minimum absolute atomic E-state index is 0.152. The lowest BCUT2D eigenvalue weighted by Gasteiger charge is -2.08. The van der Waals surface area contributed by atoms with Gasteiger partial charge in [-0.3, -0.25) is 0 Å². The van der Waals surface area contributed by atoms with E-state index in [1.165, 1.54) is 7.11 Å². The molecule has 0 amide bonds. The van der Waals surface area contributed by atoms with E-state index in [0.29, 0.717) is 11.5 Å². The van der Waals surface area contributed by atoms with Crippen molar-refractivity contribution in [2.24, 2.45) is 0 Å². The van der Waals surface area contributed by atoms with E-state index in [1.54, 1.807) is 25.3 Å². The Balaban J connectivity index is 1.96. The van der Waals surface area contributed by atoms with Crippen LogP contribution < -0.4 is 9.47 Å². The number of benzene rings is 2. The summed E-state index contributed by atoms with van der Waals surface area (Å²) >= 11 is 0. The minimum Gasteiger partial charge on any atom is -0.508 e. The molecule has 0 aliphatic rings. The maximum Gasteiger partial charge on any atom is 0.160 e. The Morgan fingerprint density at radius 1 is 0.857 bits per heavy atom. The Morgan fingerprint density at radius 2 is 1.62 bits per heavy atom. The summed E-state index contributed by atoms with van der Waals surface area (Å²) < 4.78 is 10.2. The van der Waals surface area contributed by atoms with Gasteiger partial charge in [0.25, 0.3) is 0 Å². The van der Waals surface area contributed by atoms with E-state index in [0.717, 1.165) is 30.4 Å². The van der Waals surface area contributed by atoms with Gasteiger partial charge in [0.1, 0.15) is 11.5 Å². The number of ether oxygens (including phenoxy) is 2. The van der Waals surface area contributed by atoms with Crippen molar-refractivity contribution in [2.45, 2.75) is 19.3 Å². The van der Waals surface area contributed by atoms with Crippen LogP contribution in [0.1, 0.15) is 17.5 Å². The fraction of sp³-hybridized carbons (Fsp3) is 0.294. The van der Waals surface area contributed by atoms with Gasteiger partial charge in [-0.25, -0.2) is 0 Å². The molecule has 2 aromatic rings. The maximum absolute atomic E-state index is 9.62. The molecular formula is C17H20O4. The molecular weight excluding hydrogens is 268 g/mol. The third-order valence-electron chi connectivity index (χ3n) is 3.36. The van der Waals surface area contributed by atoms with Crippen LogP contribution in [0.5, 0.6) is 23.0 Å².